The molecule has 0 spiro atoms. The molecule has 0 saturated heterocycles. The predicted molar refractivity (Wildman–Crippen MR) is 122 cm³/mol. The standard InChI is InChI=1S/C28H22O2/c29-28(26-17-15-25(16-18-26)24-11-5-2-6-12-24)19-14-22-10-7-13-27(20-22)30-21-23-8-3-1-4-9-23/h1-20H,21H2. The summed E-state index contributed by atoms with van der Waals surface area (Å²) in [5, 5.41) is 0. The van der Waals surface area contributed by atoms with Crippen LogP contribution in [0.15, 0.2) is 115 Å². The molecule has 0 heterocycles. The van der Waals surface area contributed by atoms with Crippen LogP contribution in [-0.4, -0.2) is 5.78 Å². The molecule has 0 aliphatic heterocycles. The van der Waals surface area contributed by atoms with Crippen molar-refractivity contribution in [3.8, 4) is 16.9 Å². The van der Waals surface area contributed by atoms with Gasteiger partial charge in [-0.25, -0.2) is 0 Å². The van der Waals surface area contributed by atoms with Crippen LogP contribution in [0.1, 0.15) is 21.5 Å². The van der Waals surface area contributed by atoms with Gasteiger partial charge in [0, 0.05) is 5.56 Å². The van der Waals surface area contributed by atoms with Gasteiger partial charge in [0.2, 0.25) is 0 Å². The highest BCUT2D eigenvalue weighted by Gasteiger charge is 2.03. The summed E-state index contributed by atoms with van der Waals surface area (Å²) in [4.78, 5) is 12.5. The number of carbonyl (C=O) groups excluding carboxylic acids is 1. The number of ether oxygens (including phenoxy) is 1. The number of hydrogen-bond acceptors (Lipinski definition) is 2. The molecule has 0 saturated carbocycles. The fraction of sp³-hybridized carbons (Fsp3) is 0.0357. The largest absolute Gasteiger partial charge is 0.489 e. The zero-order chi connectivity index (χ0) is 20.6. The molecule has 2 heteroatoms. The molecule has 4 aromatic rings. The molecule has 0 aliphatic rings. The zero-order valence-electron chi connectivity index (χ0n) is 16.6. The molecule has 4 aromatic carbocycles. The molecule has 2 nitrogen and oxygen atoms in total. The summed E-state index contributed by atoms with van der Waals surface area (Å²) in [6.07, 6.45) is 3.43. The summed E-state index contributed by atoms with van der Waals surface area (Å²) in [6, 6.07) is 35.6. The Kier molecular flexibility index (Phi) is 6.16. The lowest BCUT2D eigenvalue weighted by molar-refractivity contribution is 0.104. The van der Waals surface area contributed by atoms with E-state index in [-0.39, 0.29) is 5.78 Å². The highest BCUT2D eigenvalue weighted by molar-refractivity contribution is 6.07. The molecule has 0 fully saturated rings. The highest BCUT2D eigenvalue weighted by Crippen LogP contribution is 2.20. The highest BCUT2D eigenvalue weighted by atomic mass is 16.5. The summed E-state index contributed by atoms with van der Waals surface area (Å²) in [6.45, 7) is 0.515. The van der Waals surface area contributed by atoms with Crippen LogP contribution in [-0.2, 0) is 6.61 Å². The maximum atomic E-state index is 12.5. The summed E-state index contributed by atoms with van der Waals surface area (Å²) in [5.41, 5.74) is 4.95. The zero-order valence-corrected chi connectivity index (χ0v) is 16.6. The van der Waals surface area contributed by atoms with Crippen molar-refractivity contribution in [3.05, 3.63) is 132 Å². The Labute approximate surface area is 177 Å². The summed E-state index contributed by atoms with van der Waals surface area (Å²) in [5.74, 6) is 0.755. The van der Waals surface area contributed by atoms with Crippen LogP contribution in [0.5, 0.6) is 5.75 Å². The molecular weight excluding hydrogens is 368 g/mol. The van der Waals surface area contributed by atoms with Crippen molar-refractivity contribution in [2.45, 2.75) is 6.61 Å². The molecule has 0 unspecified atom stereocenters. The van der Waals surface area contributed by atoms with Crippen LogP contribution in [0, 0.1) is 0 Å². The third-order valence-electron chi connectivity index (χ3n) is 4.81. The second-order valence-corrected chi connectivity index (χ2v) is 6.99. The minimum atomic E-state index is -0.0229. The van der Waals surface area contributed by atoms with E-state index in [2.05, 4.69) is 12.1 Å². The van der Waals surface area contributed by atoms with E-state index in [4.69, 9.17) is 4.74 Å². The number of ketones is 1. The first-order valence-corrected chi connectivity index (χ1v) is 9.93. The monoisotopic (exact) mass is 390 g/mol. The van der Waals surface area contributed by atoms with Gasteiger partial charge in [-0.15, -0.1) is 0 Å². The Morgan fingerprint density at radius 1 is 0.700 bits per heavy atom. The smallest absolute Gasteiger partial charge is 0.185 e. The van der Waals surface area contributed by atoms with E-state index in [1.807, 2.05) is 103 Å². The van der Waals surface area contributed by atoms with Crippen LogP contribution in [0.3, 0.4) is 0 Å². The van der Waals surface area contributed by atoms with Gasteiger partial charge in [-0.2, -0.15) is 0 Å². The van der Waals surface area contributed by atoms with Crippen molar-refractivity contribution in [2.75, 3.05) is 0 Å². The van der Waals surface area contributed by atoms with E-state index in [0.717, 1.165) is 28.0 Å². The molecule has 0 radical (unpaired) electrons. The molecular formula is C28H22O2. The topological polar surface area (TPSA) is 26.3 Å². The molecule has 0 bridgehead atoms. The first kappa shape index (κ1) is 19.4. The predicted octanol–water partition coefficient (Wildman–Crippen LogP) is 6.83. The van der Waals surface area contributed by atoms with Crippen molar-refractivity contribution in [1.29, 1.82) is 0 Å². The third-order valence-corrected chi connectivity index (χ3v) is 4.81. The van der Waals surface area contributed by atoms with Crippen molar-refractivity contribution in [2.24, 2.45) is 0 Å². The minimum absolute atomic E-state index is 0.0229. The van der Waals surface area contributed by atoms with Gasteiger partial charge < -0.3 is 4.74 Å². The number of hydrogen-bond donors (Lipinski definition) is 0. The van der Waals surface area contributed by atoms with Gasteiger partial charge in [0.15, 0.2) is 5.78 Å². The maximum absolute atomic E-state index is 12.5. The van der Waals surface area contributed by atoms with Gasteiger partial charge in [-0.1, -0.05) is 103 Å². The number of carbonyl (C=O) groups is 1. The van der Waals surface area contributed by atoms with Gasteiger partial charge >= 0.3 is 0 Å². The second kappa shape index (κ2) is 9.53. The van der Waals surface area contributed by atoms with Crippen LogP contribution in [0.2, 0.25) is 0 Å². The molecule has 30 heavy (non-hydrogen) atoms. The van der Waals surface area contributed by atoms with Crippen LogP contribution in [0.4, 0.5) is 0 Å². The fourth-order valence-corrected chi connectivity index (χ4v) is 3.17. The average Bonchev–Trinajstić information content (AvgIpc) is 2.83. The molecule has 0 aromatic heterocycles. The first-order valence-electron chi connectivity index (χ1n) is 9.93. The molecule has 0 atom stereocenters. The number of allylic oxidation sites excluding steroid dienone is 1. The Morgan fingerprint density at radius 2 is 1.37 bits per heavy atom. The van der Waals surface area contributed by atoms with Gasteiger partial charge in [0.1, 0.15) is 12.4 Å². The minimum Gasteiger partial charge on any atom is -0.489 e. The lowest BCUT2D eigenvalue weighted by Crippen LogP contribution is -1.95. The molecule has 0 amide bonds. The van der Waals surface area contributed by atoms with E-state index in [0.29, 0.717) is 12.2 Å². The van der Waals surface area contributed by atoms with Crippen LogP contribution in [0.25, 0.3) is 17.2 Å². The van der Waals surface area contributed by atoms with Crippen LogP contribution < -0.4 is 4.74 Å². The summed E-state index contributed by atoms with van der Waals surface area (Å²) < 4.78 is 5.86. The molecule has 0 aliphatic carbocycles. The average molecular weight is 390 g/mol. The van der Waals surface area contributed by atoms with Gasteiger partial charge in [-0.05, 0) is 40.5 Å². The Hall–Kier alpha value is -3.91. The van der Waals surface area contributed by atoms with Crippen molar-refractivity contribution >= 4 is 11.9 Å². The summed E-state index contributed by atoms with van der Waals surface area (Å²) >= 11 is 0. The lowest BCUT2D eigenvalue weighted by Gasteiger charge is -2.07. The number of rotatable bonds is 7. The first-order chi connectivity index (χ1) is 14.8. The van der Waals surface area contributed by atoms with E-state index < -0.39 is 0 Å². The van der Waals surface area contributed by atoms with Crippen molar-refractivity contribution in [3.63, 3.8) is 0 Å². The normalized spacial score (nSPS) is 10.8. The third kappa shape index (κ3) is 5.12. The van der Waals surface area contributed by atoms with E-state index in [1.54, 1.807) is 6.08 Å². The quantitative estimate of drug-likeness (QED) is 0.255. The van der Waals surface area contributed by atoms with Crippen molar-refractivity contribution in [1.82, 2.24) is 0 Å². The van der Waals surface area contributed by atoms with Crippen LogP contribution >= 0.6 is 0 Å². The SMILES string of the molecule is O=C(C=Cc1cccc(OCc2ccccc2)c1)c1ccc(-c2ccccc2)cc1. The number of benzene rings is 4. The van der Waals surface area contributed by atoms with E-state index >= 15 is 0 Å². The Morgan fingerprint density at radius 3 is 2.10 bits per heavy atom. The van der Waals surface area contributed by atoms with E-state index in [9.17, 15) is 4.79 Å². The molecule has 0 N–H and O–H groups in total. The van der Waals surface area contributed by atoms with E-state index in [1.165, 1.54) is 0 Å². The lowest BCUT2D eigenvalue weighted by atomic mass is 10.0. The Balaban J connectivity index is 1.40. The molecule has 4 rings (SSSR count). The van der Waals surface area contributed by atoms with Crippen molar-refractivity contribution < 1.29 is 9.53 Å². The van der Waals surface area contributed by atoms with Gasteiger partial charge in [-0.3, -0.25) is 4.79 Å². The summed E-state index contributed by atoms with van der Waals surface area (Å²) in [7, 11) is 0. The van der Waals surface area contributed by atoms with Gasteiger partial charge in [0.25, 0.3) is 0 Å². The second-order valence-electron chi connectivity index (χ2n) is 6.99. The maximum Gasteiger partial charge on any atom is 0.185 e. The Bertz CT molecular complexity index is 1130. The van der Waals surface area contributed by atoms with Gasteiger partial charge in [0.05, 0.1) is 0 Å². The molecule has 146 valence electrons. The fourth-order valence-electron chi connectivity index (χ4n) is 3.17.